The predicted molar refractivity (Wildman–Crippen MR) is 121 cm³/mol. The van der Waals surface area contributed by atoms with Gasteiger partial charge in [0.15, 0.2) is 11.5 Å². The number of methoxy groups -OCH3 is 1. The van der Waals surface area contributed by atoms with Gasteiger partial charge in [-0.25, -0.2) is 0 Å². The molecule has 0 fully saturated rings. The summed E-state index contributed by atoms with van der Waals surface area (Å²) in [5.41, 5.74) is 3.96. The summed E-state index contributed by atoms with van der Waals surface area (Å²) in [6, 6.07) is 11.8. The maximum atomic E-state index is 12.5. The predicted octanol–water partition coefficient (Wildman–Crippen LogP) is 6.20. The van der Waals surface area contributed by atoms with Crippen LogP contribution in [0.4, 0.5) is 5.69 Å². The van der Waals surface area contributed by atoms with E-state index in [0.717, 1.165) is 34.5 Å². The van der Waals surface area contributed by atoms with Crippen LogP contribution in [0, 0.1) is 12.8 Å². The molecule has 4 nitrogen and oxygen atoms in total. The van der Waals surface area contributed by atoms with Gasteiger partial charge in [-0.05, 0) is 60.1 Å². The van der Waals surface area contributed by atoms with Crippen molar-refractivity contribution in [1.82, 2.24) is 0 Å². The topological polar surface area (TPSA) is 47.6 Å². The van der Waals surface area contributed by atoms with Crippen LogP contribution in [-0.4, -0.2) is 19.6 Å². The number of rotatable bonds is 9. The first kappa shape index (κ1) is 22.5. The molecule has 0 atom stereocenters. The van der Waals surface area contributed by atoms with Crippen molar-refractivity contribution < 1.29 is 14.3 Å². The number of amides is 1. The lowest BCUT2D eigenvalue weighted by molar-refractivity contribution is -0.111. The van der Waals surface area contributed by atoms with E-state index in [2.05, 4.69) is 39.1 Å². The standard InChI is InChI=1S/C25H33NO3/c1-17(2)14-15-29-22-12-10-20(16-23(22)28-6)11-13-24(27)26-25-19(5)8-7-9-21(25)18(3)4/h7-13,16-18H,14-15H2,1-6H3,(H,26,27)/b13-11+. The van der Waals surface area contributed by atoms with Gasteiger partial charge in [-0.1, -0.05) is 52.0 Å². The summed E-state index contributed by atoms with van der Waals surface area (Å²) in [5, 5.41) is 3.03. The zero-order chi connectivity index (χ0) is 21.4. The van der Waals surface area contributed by atoms with Gasteiger partial charge in [-0.3, -0.25) is 4.79 Å². The zero-order valence-corrected chi connectivity index (χ0v) is 18.4. The molecular formula is C25H33NO3. The van der Waals surface area contributed by atoms with Crippen molar-refractivity contribution in [2.75, 3.05) is 19.0 Å². The molecule has 2 rings (SSSR count). The van der Waals surface area contributed by atoms with Crippen molar-refractivity contribution in [3.05, 3.63) is 59.2 Å². The minimum Gasteiger partial charge on any atom is -0.493 e. The van der Waals surface area contributed by atoms with Crippen LogP contribution in [0.3, 0.4) is 0 Å². The lowest BCUT2D eigenvalue weighted by atomic mass is 9.98. The SMILES string of the molecule is COc1cc(/C=C/C(=O)Nc2c(C)cccc2C(C)C)ccc1OCCC(C)C. The van der Waals surface area contributed by atoms with E-state index < -0.39 is 0 Å². The second kappa shape index (κ2) is 10.7. The molecule has 2 aromatic carbocycles. The molecule has 0 saturated heterocycles. The van der Waals surface area contributed by atoms with Crippen molar-refractivity contribution in [1.29, 1.82) is 0 Å². The highest BCUT2D eigenvalue weighted by Gasteiger charge is 2.11. The average Bonchev–Trinajstić information content (AvgIpc) is 2.68. The molecule has 0 aliphatic carbocycles. The second-order valence-corrected chi connectivity index (χ2v) is 7.96. The summed E-state index contributed by atoms with van der Waals surface area (Å²) in [4.78, 5) is 12.5. The van der Waals surface area contributed by atoms with Crippen LogP contribution in [0.15, 0.2) is 42.5 Å². The van der Waals surface area contributed by atoms with Gasteiger partial charge in [0.25, 0.3) is 0 Å². The van der Waals surface area contributed by atoms with Gasteiger partial charge in [-0.15, -0.1) is 0 Å². The van der Waals surface area contributed by atoms with Crippen LogP contribution < -0.4 is 14.8 Å². The lowest BCUT2D eigenvalue weighted by Crippen LogP contribution is -2.11. The Balaban J connectivity index is 2.09. The summed E-state index contributed by atoms with van der Waals surface area (Å²) >= 11 is 0. The molecular weight excluding hydrogens is 362 g/mol. The van der Waals surface area contributed by atoms with E-state index in [4.69, 9.17) is 9.47 Å². The Bertz CT molecular complexity index is 853. The Labute approximate surface area is 174 Å². The number of hydrogen-bond acceptors (Lipinski definition) is 3. The Morgan fingerprint density at radius 2 is 1.86 bits per heavy atom. The van der Waals surface area contributed by atoms with Crippen LogP contribution in [0.1, 0.15) is 56.7 Å². The van der Waals surface area contributed by atoms with Gasteiger partial charge in [0.05, 0.1) is 13.7 Å². The molecule has 0 heterocycles. The molecule has 2 aromatic rings. The lowest BCUT2D eigenvalue weighted by Gasteiger charge is -2.15. The number of carbonyl (C=O) groups is 1. The van der Waals surface area contributed by atoms with Crippen LogP contribution in [0.2, 0.25) is 0 Å². The van der Waals surface area contributed by atoms with E-state index in [0.29, 0.717) is 24.2 Å². The molecule has 0 aliphatic heterocycles. The zero-order valence-electron chi connectivity index (χ0n) is 18.4. The van der Waals surface area contributed by atoms with Gasteiger partial charge in [-0.2, -0.15) is 0 Å². The first-order chi connectivity index (χ1) is 13.8. The molecule has 0 aliphatic rings. The van der Waals surface area contributed by atoms with E-state index in [1.54, 1.807) is 19.3 Å². The summed E-state index contributed by atoms with van der Waals surface area (Å²) in [6.45, 7) is 11.2. The highest BCUT2D eigenvalue weighted by Crippen LogP contribution is 2.29. The van der Waals surface area contributed by atoms with Crippen LogP contribution in [0.5, 0.6) is 11.5 Å². The first-order valence-corrected chi connectivity index (χ1v) is 10.2. The first-order valence-electron chi connectivity index (χ1n) is 10.2. The van der Waals surface area contributed by atoms with E-state index in [1.165, 1.54) is 0 Å². The Morgan fingerprint density at radius 1 is 1.10 bits per heavy atom. The summed E-state index contributed by atoms with van der Waals surface area (Å²) in [7, 11) is 1.62. The molecule has 0 spiro atoms. The maximum absolute atomic E-state index is 12.5. The number of nitrogens with one attached hydrogen (secondary N) is 1. The van der Waals surface area contributed by atoms with Crippen LogP contribution >= 0.6 is 0 Å². The summed E-state index contributed by atoms with van der Waals surface area (Å²) < 4.78 is 11.3. The number of benzene rings is 2. The van der Waals surface area contributed by atoms with Gasteiger partial charge >= 0.3 is 0 Å². The van der Waals surface area contributed by atoms with Crippen molar-refractivity contribution in [3.63, 3.8) is 0 Å². The number of ether oxygens (including phenoxy) is 2. The Hall–Kier alpha value is -2.75. The highest BCUT2D eigenvalue weighted by molar-refractivity contribution is 6.02. The quantitative estimate of drug-likeness (QED) is 0.514. The van der Waals surface area contributed by atoms with Crippen LogP contribution in [-0.2, 0) is 4.79 Å². The normalized spacial score (nSPS) is 11.3. The number of anilines is 1. The molecule has 0 radical (unpaired) electrons. The molecule has 1 N–H and O–H groups in total. The molecule has 156 valence electrons. The summed E-state index contributed by atoms with van der Waals surface area (Å²) in [6.07, 6.45) is 4.32. The molecule has 0 saturated carbocycles. The fourth-order valence-electron chi connectivity index (χ4n) is 2.99. The number of carbonyl (C=O) groups excluding carboxylic acids is 1. The van der Waals surface area contributed by atoms with Crippen molar-refractivity contribution >= 4 is 17.7 Å². The monoisotopic (exact) mass is 395 g/mol. The molecule has 29 heavy (non-hydrogen) atoms. The smallest absolute Gasteiger partial charge is 0.248 e. The Kier molecular flexibility index (Phi) is 8.32. The van der Waals surface area contributed by atoms with E-state index in [-0.39, 0.29) is 5.91 Å². The molecule has 0 bridgehead atoms. The van der Waals surface area contributed by atoms with Crippen LogP contribution in [0.25, 0.3) is 6.08 Å². The highest BCUT2D eigenvalue weighted by atomic mass is 16.5. The molecule has 4 heteroatoms. The van der Waals surface area contributed by atoms with Crippen molar-refractivity contribution in [3.8, 4) is 11.5 Å². The minimum atomic E-state index is -0.155. The Morgan fingerprint density at radius 3 is 2.52 bits per heavy atom. The molecule has 1 amide bonds. The molecule has 0 aromatic heterocycles. The largest absolute Gasteiger partial charge is 0.493 e. The van der Waals surface area contributed by atoms with Gasteiger partial charge < -0.3 is 14.8 Å². The van der Waals surface area contributed by atoms with Crippen molar-refractivity contribution in [2.24, 2.45) is 5.92 Å². The maximum Gasteiger partial charge on any atom is 0.248 e. The second-order valence-electron chi connectivity index (χ2n) is 7.96. The minimum absolute atomic E-state index is 0.155. The summed E-state index contributed by atoms with van der Waals surface area (Å²) in [5.74, 6) is 2.15. The van der Waals surface area contributed by atoms with Gasteiger partial charge in [0, 0.05) is 11.8 Å². The van der Waals surface area contributed by atoms with Gasteiger partial charge in [0.1, 0.15) is 0 Å². The van der Waals surface area contributed by atoms with E-state index in [9.17, 15) is 4.79 Å². The fourth-order valence-corrected chi connectivity index (χ4v) is 2.99. The van der Waals surface area contributed by atoms with E-state index in [1.807, 2.05) is 37.3 Å². The third-order valence-electron chi connectivity index (χ3n) is 4.74. The van der Waals surface area contributed by atoms with Crippen molar-refractivity contribution in [2.45, 2.75) is 47.0 Å². The number of hydrogen-bond donors (Lipinski definition) is 1. The number of para-hydroxylation sites is 1. The fraction of sp³-hybridized carbons (Fsp3) is 0.400. The van der Waals surface area contributed by atoms with Gasteiger partial charge in [0.2, 0.25) is 5.91 Å². The van der Waals surface area contributed by atoms with E-state index >= 15 is 0 Å². The number of aryl methyl sites for hydroxylation is 1. The third-order valence-corrected chi connectivity index (χ3v) is 4.74. The average molecular weight is 396 g/mol. The molecule has 0 unspecified atom stereocenters. The third kappa shape index (κ3) is 6.67.